The zero-order chi connectivity index (χ0) is 8.39. The van der Waals surface area contributed by atoms with Crippen LogP contribution in [0.1, 0.15) is 19.3 Å². The van der Waals surface area contributed by atoms with Crippen molar-refractivity contribution in [1.82, 2.24) is 4.90 Å². The Bertz CT molecular complexity index is 147. The van der Waals surface area contributed by atoms with Gasteiger partial charge in [0, 0.05) is 18.3 Å². The predicted octanol–water partition coefficient (Wildman–Crippen LogP) is 0.949. The number of rotatable bonds is 1. The highest BCUT2D eigenvalue weighted by molar-refractivity contribution is 7.99. The second-order valence-electron chi connectivity index (χ2n) is 3.81. The van der Waals surface area contributed by atoms with Gasteiger partial charge in [-0.2, -0.15) is 11.8 Å². The Morgan fingerprint density at radius 1 is 1.33 bits per heavy atom. The molecule has 2 atom stereocenters. The molecule has 3 heteroatoms. The average molecular weight is 187 g/mol. The van der Waals surface area contributed by atoms with Crippen molar-refractivity contribution in [3.05, 3.63) is 0 Å². The summed E-state index contributed by atoms with van der Waals surface area (Å²) in [6.07, 6.45) is 3.47. The van der Waals surface area contributed by atoms with Crippen LogP contribution in [0.5, 0.6) is 0 Å². The van der Waals surface area contributed by atoms with Gasteiger partial charge in [0.05, 0.1) is 6.10 Å². The molecule has 0 radical (unpaired) electrons. The molecule has 0 unspecified atom stereocenters. The summed E-state index contributed by atoms with van der Waals surface area (Å²) in [4.78, 5) is 2.48. The van der Waals surface area contributed by atoms with Crippen molar-refractivity contribution >= 4 is 11.8 Å². The molecule has 0 spiro atoms. The van der Waals surface area contributed by atoms with Gasteiger partial charge in [-0.25, -0.2) is 0 Å². The van der Waals surface area contributed by atoms with Gasteiger partial charge in [-0.3, -0.25) is 4.90 Å². The average Bonchev–Trinajstić information content (AvgIpc) is 2.56. The lowest BCUT2D eigenvalue weighted by molar-refractivity contribution is 0.0523. The first-order valence-electron chi connectivity index (χ1n) is 4.86. The zero-order valence-corrected chi connectivity index (χ0v) is 8.22. The Morgan fingerprint density at radius 3 is 2.92 bits per heavy atom. The van der Waals surface area contributed by atoms with Crippen molar-refractivity contribution in [2.45, 2.75) is 31.4 Å². The monoisotopic (exact) mass is 187 g/mol. The summed E-state index contributed by atoms with van der Waals surface area (Å²) in [6.45, 7) is 2.13. The molecule has 2 fully saturated rings. The van der Waals surface area contributed by atoms with Crippen LogP contribution in [0.15, 0.2) is 0 Å². The molecule has 0 aromatic rings. The molecule has 0 aromatic heterocycles. The van der Waals surface area contributed by atoms with Crippen LogP contribution in [0.2, 0.25) is 0 Å². The van der Waals surface area contributed by atoms with Crippen LogP contribution in [0.25, 0.3) is 0 Å². The summed E-state index contributed by atoms with van der Waals surface area (Å²) in [6, 6.07) is 0.768. The molecule has 2 nitrogen and oxygen atoms in total. The quantitative estimate of drug-likeness (QED) is 0.661. The largest absolute Gasteiger partial charge is 0.392 e. The maximum absolute atomic E-state index is 9.49. The number of aliphatic hydroxyl groups is 1. The van der Waals surface area contributed by atoms with E-state index in [1.54, 1.807) is 0 Å². The minimum Gasteiger partial charge on any atom is -0.392 e. The van der Waals surface area contributed by atoms with Gasteiger partial charge in [0.1, 0.15) is 0 Å². The van der Waals surface area contributed by atoms with E-state index in [2.05, 4.69) is 16.7 Å². The molecule has 70 valence electrons. The fraction of sp³-hybridized carbons (Fsp3) is 1.00. The van der Waals surface area contributed by atoms with Gasteiger partial charge < -0.3 is 5.11 Å². The van der Waals surface area contributed by atoms with E-state index in [-0.39, 0.29) is 6.10 Å². The van der Waals surface area contributed by atoms with Gasteiger partial charge in [0.2, 0.25) is 0 Å². The van der Waals surface area contributed by atoms with E-state index >= 15 is 0 Å². The van der Waals surface area contributed by atoms with E-state index < -0.39 is 0 Å². The van der Waals surface area contributed by atoms with Crippen molar-refractivity contribution in [2.24, 2.45) is 0 Å². The zero-order valence-electron chi connectivity index (χ0n) is 7.41. The van der Waals surface area contributed by atoms with Gasteiger partial charge >= 0.3 is 0 Å². The fourth-order valence-electron chi connectivity index (χ4n) is 2.12. The molecule has 1 N–H and O–H groups in total. The van der Waals surface area contributed by atoms with E-state index in [0.717, 1.165) is 19.0 Å². The third kappa shape index (κ3) is 1.95. The van der Waals surface area contributed by atoms with Crippen LogP contribution in [-0.4, -0.2) is 46.7 Å². The summed E-state index contributed by atoms with van der Waals surface area (Å²) in [5.74, 6) is 2.60. The summed E-state index contributed by atoms with van der Waals surface area (Å²) >= 11 is 2.05. The van der Waals surface area contributed by atoms with Gasteiger partial charge in [0.15, 0.2) is 0 Å². The molecule has 0 saturated carbocycles. The lowest BCUT2D eigenvalue weighted by Gasteiger charge is -2.34. The number of aliphatic hydroxyl groups excluding tert-OH is 1. The molecule has 2 aliphatic heterocycles. The van der Waals surface area contributed by atoms with E-state index in [4.69, 9.17) is 0 Å². The first-order chi connectivity index (χ1) is 5.86. The minimum absolute atomic E-state index is 0.0515. The smallest absolute Gasteiger partial charge is 0.0667 e. The van der Waals surface area contributed by atoms with Gasteiger partial charge in [-0.15, -0.1) is 0 Å². The van der Waals surface area contributed by atoms with Crippen molar-refractivity contribution < 1.29 is 5.11 Å². The van der Waals surface area contributed by atoms with Gasteiger partial charge in [-0.1, -0.05) is 0 Å². The third-order valence-corrected chi connectivity index (χ3v) is 3.99. The molecule has 2 heterocycles. The second-order valence-corrected chi connectivity index (χ2v) is 4.96. The lowest BCUT2D eigenvalue weighted by Crippen LogP contribution is -2.44. The molecular weight excluding hydrogens is 170 g/mol. The van der Waals surface area contributed by atoms with E-state index in [9.17, 15) is 5.11 Å². The first kappa shape index (κ1) is 8.85. The fourth-order valence-corrected chi connectivity index (χ4v) is 3.38. The number of hydrogen-bond acceptors (Lipinski definition) is 3. The Kier molecular flexibility index (Phi) is 2.94. The minimum atomic E-state index is -0.0515. The number of β-amino-alcohol motifs (C(OH)–C–C–N with tert-alkyl or cyclic N) is 1. The number of hydrogen-bond donors (Lipinski definition) is 1. The summed E-state index contributed by atoms with van der Waals surface area (Å²) in [5.41, 5.74) is 0. The molecule has 2 rings (SSSR count). The Labute approximate surface area is 78.3 Å². The third-order valence-electron chi connectivity index (χ3n) is 2.85. The van der Waals surface area contributed by atoms with Crippen LogP contribution in [0.4, 0.5) is 0 Å². The van der Waals surface area contributed by atoms with Gasteiger partial charge in [-0.05, 0) is 31.6 Å². The maximum Gasteiger partial charge on any atom is 0.0667 e. The van der Waals surface area contributed by atoms with Crippen LogP contribution in [0.3, 0.4) is 0 Å². The molecule has 2 saturated heterocycles. The standard InChI is InChI=1S/C9H17NOS/c11-9-2-1-4-10(6-9)8-3-5-12-7-8/h8-9,11H,1-7H2/t8-,9-/m1/s1. The van der Waals surface area contributed by atoms with Crippen LogP contribution < -0.4 is 0 Å². The topological polar surface area (TPSA) is 23.5 Å². The highest BCUT2D eigenvalue weighted by atomic mass is 32.2. The van der Waals surface area contributed by atoms with Crippen LogP contribution >= 0.6 is 11.8 Å². The maximum atomic E-state index is 9.49. The molecule has 0 bridgehead atoms. The summed E-state index contributed by atoms with van der Waals surface area (Å²) in [5, 5.41) is 9.49. The Balaban J connectivity index is 1.85. The molecule has 0 amide bonds. The molecule has 0 aliphatic carbocycles. The highest BCUT2D eigenvalue weighted by Crippen LogP contribution is 2.24. The van der Waals surface area contributed by atoms with Crippen molar-refractivity contribution in [1.29, 1.82) is 0 Å². The van der Waals surface area contributed by atoms with Crippen molar-refractivity contribution in [2.75, 3.05) is 24.6 Å². The molecule has 12 heavy (non-hydrogen) atoms. The SMILES string of the molecule is O[C@@H]1CCCN([C@@H]2CCSC2)C1. The number of nitrogens with zero attached hydrogens (tertiary/aromatic N) is 1. The van der Waals surface area contributed by atoms with E-state index in [1.165, 1.54) is 30.9 Å². The Hall–Kier alpha value is 0.270. The predicted molar refractivity (Wildman–Crippen MR) is 52.5 cm³/mol. The number of likely N-dealkylation sites (tertiary alicyclic amines) is 1. The normalized spacial score (nSPS) is 38.8. The molecular formula is C9H17NOS. The summed E-state index contributed by atoms with van der Waals surface area (Å²) in [7, 11) is 0. The van der Waals surface area contributed by atoms with Gasteiger partial charge in [0.25, 0.3) is 0 Å². The van der Waals surface area contributed by atoms with Crippen molar-refractivity contribution in [3.8, 4) is 0 Å². The van der Waals surface area contributed by atoms with E-state index in [1.807, 2.05) is 0 Å². The Morgan fingerprint density at radius 2 is 2.25 bits per heavy atom. The second kappa shape index (κ2) is 3.99. The van der Waals surface area contributed by atoms with Crippen molar-refractivity contribution in [3.63, 3.8) is 0 Å². The first-order valence-corrected chi connectivity index (χ1v) is 6.01. The number of piperidine rings is 1. The lowest BCUT2D eigenvalue weighted by atomic mass is 10.1. The number of thioether (sulfide) groups is 1. The van der Waals surface area contributed by atoms with Crippen LogP contribution in [0, 0.1) is 0 Å². The van der Waals surface area contributed by atoms with Crippen LogP contribution in [-0.2, 0) is 0 Å². The molecule has 2 aliphatic rings. The molecule has 0 aromatic carbocycles. The highest BCUT2D eigenvalue weighted by Gasteiger charge is 2.26. The summed E-state index contributed by atoms with van der Waals surface area (Å²) < 4.78 is 0. The van der Waals surface area contributed by atoms with E-state index in [0.29, 0.717) is 0 Å².